The molecular weight excluding hydrogens is 318 g/mol. The molecule has 0 radical (unpaired) electrons. The van der Waals surface area contributed by atoms with Crippen molar-refractivity contribution in [2.24, 2.45) is 5.73 Å². The molecule has 132 valence electrons. The third-order valence-electron chi connectivity index (χ3n) is 3.52. The molecule has 0 spiro atoms. The van der Waals surface area contributed by atoms with Gasteiger partial charge in [-0.15, -0.1) is 0 Å². The number of ether oxygens (including phenoxy) is 1. The fourth-order valence-corrected chi connectivity index (χ4v) is 2.21. The van der Waals surface area contributed by atoms with Crippen molar-refractivity contribution in [2.45, 2.75) is 19.8 Å². The topological polar surface area (TPSA) is 93.4 Å². The zero-order chi connectivity index (χ0) is 18.1. The van der Waals surface area contributed by atoms with Crippen LogP contribution in [0.1, 0.15) is 30.1 Å². The van der Waals surface area contributed by atoms with Crippen LogP contribution in [0, 0.1) is 0 Å². The highest BCUT2D eigenvalue weighted by atomic mass is 16.5. The third-order valence-corrected chi connectivity index (χ3v) is 3.52. The lowest BCUT2D eigenvalue weighted by Gasteiger charge is -2.11. The molecule has 0 unspecified atom stereocenters. The fraction of sp³-hybridized carbons (Fsp3) is 0.263. The van der Waals surface area contributed by atoms with Gasteiger partial charge < -0.3 is 21.1 Å². The van der Waals surface area contributed by atoms with Gasteiger partial charge in [0, 0.05) is 11.8 Å². The average Bonchev–Trinajstić information content (AvgIpc) is 2.61. The van der Waals surface area contributed by atoms with Crippen molar-refractivity contribution in [2.75, 3.05) is 23.8 Å². The van der Waals surface area contributed by atoms with Crippen LogP contribution in [0.5, 0.6) is 5.75 Å². The van der Waals surface area contributed by atoms with Gasteiger partial charge in [-0.05, 0) is 30.7 Å². The van der Waals surface area contributed by atoms with E-state index in [0.717, 1.165) is 24.3 Å². The van der Waals surface area contributed by atoms with Gasteiger partial charge in [0.25, 0.3) is 5.91 Å². The first-order valence-corrected chi connectivity index (χ1v) is 8.25. The Morgan fingerprint density at radius 1 is 1.12 bits per heavy atom. The van der Waals surface area contributed by atoms with Crippen molar-refractivity contribution in [3.8, 4) is 5.75 Å². The number of hydrogen-bond acceptors (Lipinski definition) is 4. The summed E-state index contributed by atoms with van der Waals surface area (Å²) in [7, 11) is 0. The minimum atomic E-state index is -0.583. The Bertz CT molecular complexity index is 731. The molecule has 0 atom stereocenters. The summed E-state index contributed by atoms with van der Waals surface area (Å²) in [5.41, 5.74) is 6.77. The highest BCUT2D eigenvalue weighted by Gasteiger charge is 2.10. The van der Waals surface area contributed by atoms with E-state index in [4.69, 9.17) is 10.5 Å². The minimum absolute atomic E-state index is 0.0610. The van der Waals surface area contributed by atoms with Crippen molar-refractivity contribution >= 4 is 23.2 Å². The molecule has 4 N–H and O–H groups in total. The molecule has 2 aromatic carbocycles. The van der Waals surface area contributed by atoms with Crippen molar-refractivity contribution in [1.82, 2.24) is 0 Å². The zero-order valence-corrected chi connectivity index (χ0v) is 14.2. The summed E-state index contributed by atoms with van der Waals surface area (Å²) in [6.07, 6.45) is 2.07. The van der Waals surface area contributed by atoms with Gasteiger partial charge in [-0.1, -0.05) is 31.5 Å². The molecule has 0 bridgehead atoms. The van der Waals surface area contributed by atoms with Crippen LogP contribution in [0.3, 0.4) is 0 Å². The predicted octanol–water partition coefficient (Wildman–Crippen LogP) is 3.02. The molecule has 0 saturated carbocycles. The lowest BCUT2D eigenvalue weighted by Crippen LogP contribution is -2.24. The highest BCUT2D eigenvalue weighted by Crippen LogP contribution is 2.18. The Kier molecular flexibility index (Phi) is 6.83. The summed E-state index contributed by atoms with van der Waals surface area (Å²) >= 11 is 0. The van der Waals surface area contributed by atoms with Crippen LogP contribution in [-0.2, 0) is 4.79 Å². The second kappa shape index (κ2) is 9.32. The number of nitrogens with one attached hydrogen (secondary N) is 2. The molecule has 0 aliphatic carbocycles. The van der Waals surface area contributed by atoms with Gasteiger partial charge in [0.1, 0.15) is 5.75 Å². The summed E-state index contributed by atoms with van der Waals surface area (Å²) in [6, 6.07) is 14.1. The van der Waals surface area contributed by atoms with Crippen molar-refractivity contribution in [1.29, 1.82) is 0 Å². The Labute approximate surface area is 147 Å². The molecule has 6 nitrogen and oxygen atoms in total. The predicted molar refractivity (Wildman–Crippen MR) is 98.9 cm³/mol. The highest BCUT2D eigenvalue weighted by molar-refractivity contribution is 6.03. The van der Waals surface area contributed by atoms with E-state index in [1.54, 1.807) is 24.3 Å². The van der Waals surface area contributed by atoms with E-state index in [-0.39, 0.29) is 18.0 Å². The molecule has 2 aromatic rings. The molecule has 6 heteroatoms. The first-order valence-electron chi connectivity index (χ1n) is 8.25. The quantitative estimate of drug-likeness (QED) is 0.611. The summed E-state index contributed by atoms with van der Waals surface area (Å²) in [6.45, 7) is 2.84. The lowest BCUT2D eigenvalue weighted by molar-refractivity contribution is -0.114. The average molecular weight is 341 g/mol. The normalized spacial score (nSPS) is 10.1. The van der Waals surface area contributed by atoms with Gasteiger partial charge in [-0.25, -0.2) is 0 Å². The molecule has 2 rings (SSSR count). The van der Waals surface area contributed by atoms with Gasteiger partial charge in [-0.3, -0.25) is 9.59 Å². The van der Waals surface area contributed by atoms with E-state index in [1.165, 1.54) is 0 Å². The van der Waals surface area contributed by atoms with E-state index in [9.17, 15) is 9.59 Å². The van der Waals surface area contributed by atoms with Crippen molar-refractivity contribution < 1.29 is 14.3 Å². The maximum atomic E-state index is 12.1. The smallest absolute Gasteiger partial charge is 0.250 e. The number of anilines is 2. The van der Waals surface area contributed by atoms with Crippen LogP contribution in [0.25, 0.3) is 0 Å². The molecule has 0 aromatic heterocycles. The van der Waals surface area contributed by atoms with E-state index in [0.29, 0.717) is 12.3 Å². The van der Waals surface area contributed by atoms with Gasteiger partial charge >= 0.3 is 0 Å². The molecule has 0 heterocycles. The van der Waals surface area contributed by atoms with Crippen LogP contribution in [0.15, 0.2) is 48.5 Å². The van der Waals surface area contributed by atoms with Crippen LogP contribution >= 0.6 is 0 Å². The van der Waals surface area contributed by atoms with Gasteiger partial charge in [-0.2, -0.15) is 0 Å². The maximum Gasteiger partial charge on any atom is 0.250 e. The van der Waals surface area contributed by atoms with E-state index in [1.807, 2.05) is 24.3 Å². The van der Waals surface area contributed by atoms with Crippen LogP contribution in [0.2, 0.25) is 0 Å². The number of nitrogens with two attached hydrogens (primary N) is 1. The number of benzene rings is 2. The fourth-order valence-electron chi connectivity index (χ4n) is 2.21. The minimum Gasteiger partial charge on any atom is -0.494 e. The Morgan fingerprint density at radius 3 is 2.68 bits per heavy atom. The summed E-state index contributed by atoms with van der Waals surface area (Å²) in [5, 5.41) is 5.72. The number of hydrogen-bond donors (Lipinski definition) is 3. The van der Waals surface area contributed by atoms with E-state index < -0.39 is 5.91 Å². The van der Waals surface area contributed by atoms with E-state index >= 15 is 0 Å². The van der Waals surface area contributed by atoms with Crippen molar-refractivity contribution in [3.05, 3.63) is 54.1 Å². The number of amides is 2. The number of primary amides is 1. The molecule has 0 aliphatic rings. The number of rotatable bonds is 9. The summed E-state index contributed by atoms with van der Waals surface area (Å²) in [5.74, 6) is -0.0928. The molecule has 0 aliphatic heterocycles. The monoisotopic (exact) mass is 341 g/mol. The van der Waals surface area contributed by atoms with Crippen molar-refractivity contribution in [3.63, 3.8) is 0 Å². The van der Waals surface area contributed by atoms with Gasteiger partial charge in [0.2, 0.25) is 5.91 Å². The van der Waals surface area contributed by atoms with Crippen LogP contribution < -0.4 is 21.1 Å². The largest absolute Gasteiger partial charge is 0.494 e. The molecule has 0 saturated heterocycles. The van der Waals surface area contributed by atoms with Crippen LogP contribution in [-0.4, -0.2) is 25.0 Å². The molecule has 0 fully saturated rings. The lowest BCUT2D eigenvalue weighted by atomic mass is 10.1. The molecule has 25 heavy (non-hydrogen) atoms. The number of carbonyl (C=O) groups is 2. The van der Waals surface area contributed by atoms with Gasteiger partial charge in [0.15, 0.2) is 0 Å². The Balaban J connectivity index is 1.90. The number of carbonyl (C=O) groups excluding carboxylic acids is 2. The standard InChI is InChI=1S/C19H23N3O3/c1-2-3-11-25-15-8-6-7-14(12-15)21-13-18(23)22-17-10-5-4-9-16(17)19(20)24/h4-10,12,21H,2-3,11,13H2,1H3,(H2,20,24)(H,22,23). The maximum absolute atomic E-state index is 12.1. The summed E-state index contributed by atoms with van der Waals surface area (Å²) in [4.78, 5) is 23.5. The second-order valence-corrected chi connectivity index (χ2v) is 5.54. The second-order valence-electron chi connectivity index (χ2n) is 5.54. The first-order chi connectivity index (χ1) is 12.1. The molecular formula is C19H23N3O3. The number of unbranched alkanes of at least 4 members (excludes halogenated alkanes) is 1. The zero-order valence-electron chi connectivity index (χ0n) is 14.2. The molecule has 2 amide bonds. The van der Waals surface area contributed by atoms with E-state index in [2.05, 4.69) is 17.6 Å². The van der Waals surface area contributed by atoms with Gasteiger partial charge in [0.05, 0.1) is 24.4 Å². The first kappa shape index (κ1) is 18.3. The van der Waals surface area contributed by atoms with Crippen LogP contribution in [0.4, 0.5) is 11.4 Å². The number of para-hydroxylation sites is 1. The summed E-state index contributed by atoms with van der Waals surface area (Å²) < 4.78 is 5.64. The Hall–Kier alpha value is -3.02. The third kappa shape index (κ3) is 5.84. The Morgan fingerprint density at radius 2 is 1.92 bits per heavy atom. The SMILES string of the molecule is CCCCOc1cccc(NCC(=O)Nc2ccccc2C(N)=O)c1.